The fourth-order valence-corrected chi connectivity index (χ4v) is 2.15. The number of ether oxygens (including phenoxy) is 1. The standard InChI is InChI=1S/C14H13NO3/c1-2-15-11-6-5-10(12-4-3-7-17-12)8-13(11)18-9-14(15)16/h3-8H,2,9H2,1H3. The lowest BCUT2D eigenvalue weighted by Gasteiger charge is -2.28. The largest absolute Gasteiger partial charge is 0.482 e. The average molecular weight is 243 g/mol. The van der Waals surface area contributed by atoms with Crippen LogP contribution in [-0.4, -0.2) is 19.1 Å². The molecule has 0 fully saturated rings. The van der Waals surface area contributed by atoms with E-state index in [1.165, 1.54) is 0 Å². The van der Waals surface area contributed by atoms with Crippen LogP contribution in [0, 0.1) is 0 Å². The van der Waals surface area contributed by atoms with Gasteiger partial charge in [0.1, 0.15) is 11.5 Å². The van der Waals surface area contributed by atoms with Crippen LogP contribution in [0.15, 0.2) is 41.0 Å². The summed E-state index contributed by atoms with van der Waals surface area (Å²) >= 11 is 0. The molecular weight excluding hydrogens is 230 g/mol. The summed E-state index contributed by atoms with van der Waals surface area (Å²) in [5.74, 6) is 1.52. The Bertz CT molecular complexity index is 575. The summed E-state index contributed by atoms with van der Waals surface area (Å²) in [6, 6.07) is 9.48. The van der Waals surface area contributed by atoms with Crippen molar-refractivity contribution in [3.8, 4) is 17.1 Å². The monoisotopic (exact) mass is 243 g/mol. The van der Waals surface area contributed by atoms with Gasteiger partial charge in [-0.05, 0) is 37.3 Å². The molecule has 0 spiro atoms. The fraction of sp³-hybridized carbons (Fsp3) is 0.214. The predicted octanol–water partition coefficient (Wildman–Crippen LogP) is 2.69. The van der Waals surface area contributed by atoms with E-state index in [1.807, 2.05) is 37.3 Å². The highest BCUT2D eigenvalue weighted by Gasteiger charge is 2.24. The molecule has 0 saturated heterocycles. The van der Waals surface area contributed by atoms with E-state index in [2.05, 4.69) is 0 Å². The number of furan rings is 1. The number of carbonyl (C=O) groups excluding carboxylic acids is 1. The zero-order valence-corrected chi connectivity index (χ0v) is 10.1. The van der Waals surface area contributed by atoms with Crippen molar-refractivity contribution >= 4 is 11.6 Å². The van der Waals surface area contributed by atoms with Gasteiger partial charge in [-0.15, -0.1) is 0 Å². The van der Waals surface area contributed by atoms with Crippen molar-refractivity contribution in [1.82, 2.24) is 0 Å². The molecule has 0 saturated carbocycles. The molecular formula is C14H13NO3. The number of benzene rings is 1. The molecule has 0 N–H and O–H groups in total. The van der Waals surface area contributed by atoms with E-state index in [9.17, 15) is 4.79 Å². The fourth-order valence-electron chi connectivity index (χ4n) is 2.15. The number of fused-ring (bicyclic) bond motifs is 1. The van der Waals surface area contributed by atoms with Gasteiger partial charge in [-0.1, -0.05) is 0 Å². The van der Waals surface area contributed by atoms with Gasteiger partial charge in [0.2, 0.25) is 0 Å². The van der Waals surface area contributed by atoms with Crippen LogP contribution in [0.25, 0.3) is 11.3 Å². The predicted molar refractivity (Wildman–Crippen MR) is 67.7 cm³/mol. The lowest BCUT2D eigenvalue weighted by Crippen LogP contribution is -2.38. The maximum Gasteiger partial charge on any atom is 0.265 e. The SMILES string of the molecule is CCN1C(=O)COc2cc(-c3ccco3)ccc21. The van der Waals surface area contributed by atoms with E-state index in [0.29, 0.717) is 6.54 Å². The summed E-state index contributed by atoms with van der Waals surface area (Å²) in [5.41, 5.74) is 1.77. The minimum atomic E-state index is -0.00394. The maximum absolute atomic E-state index is 11.7. The van der Waals surface area contributed by atoms with E-state index >= 15 is 0 Å². The van der Waals surface area contributed by atoms with Crippen LogP contribution in [0.5, 0.6) is 5.75 Å². The summed E-state index contributed by atoms with van der Waals surface area (Å²) in [5, 5.41) is 0. The van der Waals surface area contributed by atoms with E-state index in [4.69, 9.17) is 9.15 Å². The van der Waals surface area contributed by atoms with Crippen LogP contribution in [0.4, 0.5) is 5.69 Å². The quantitative estimate of drug-likeness (QED) is 0.814. The van der Waals surface area contributed by atoms with Gasteiger partial charge in [0.05, 0.1) is 12.0 Å². The summed E-state index contributed by atoms with van der Waals surface area (Å²) in [7, 11) is 0. The van der Waals surface area contributed by atoms with Crippen molar-refractivity contribution < 1.29 is 13.9 Å². The molecule has 1 amide bonds. The minimum Gasteiger partial charge on any atom is -0.482 e. The van der Waals surface area contributed by atoms with Crippen LogP contribution in [0.2, 0.25) is 0 Å². The molecule has 2 aromatic rings. The lowest BCUT2D eigenvalue weighted by atomic mass is 10.1. The number of carbonyl (C=O) groups is 1. The average Bonchev–Trinajstić information content (AvgIpc) is 2.92. The third kappa shape index (κ3) is 1.66. The molecule has 18 heavy (non-hydrogen) atoms. The number of nitrogens with zero attached hydrogens (tertiary/aromatic N) is 1. The van der Waals surface area contributed by atoms with Crippen LogP contribution in [0.1, 0.15) is 6.92 Å². The molecule has 2 heterocycles. The first kappa shape index (κ1) is 10.9. The highest BCUT2D eigenvalue weighted by atomic mass is 16.5. The van der Waals surface area contributed by atoms with E-state index < -0.39 is 0 Å². The second-order valence-corrected chi connectivity index (χ2v) is 4.09. The van der Waals surface area contributed by atoms with Crippen molar-refractivity contribution in [1.29, 1.82) is 0 Å². The first-order valence-corrected chi connectivity index (χ1v) is 5.90. The van der Waals surface area contributed by atoms with Crippen LogP contribution >= 0.6 is 0 Å². The van der Waals surface area contributed by atoms with Gasteiger partial charge in [-0.2, -0.15) is 0 Å². The molecule has 1 aliphatic rings. The second kappa shape index (κ2) is 4.22. The van der Waals surface area contributed by atoms with E-state index in [1.54, 1.807) is 11.2 Å². The maximum atomic E-state index is 11.7. The molecule has 0 radical (unpaired) electrons. The number of anilines is 1. The van der Waals surface area contributed by atoms with Crippen molar-refractivity contribution in [2.24, 2.45) is 0 Å². The van der Waals surface area contributed by atoms with Gasteiger partial charge in [0.15, 0.2) is 6.61 Å². The van der Waals surface area contributed by atoms with Gasteiger partial charge in [0, 0.05) is 12.1 Å². The van der Waals surface area contributed by atoms with Gasteiger partial charge in [-0.3, -0.25) is 4.79 Å². The van der Waals surface area contributed by atoms with E-state index in [0.717, 1.165) is 22.8 Å². The van der Waals surface area contributed by atoms with Crippen LogP contribution in [0.3, 0.4) is 0 Å². The number of amides is 1. The third-order valence-corrected chi connectivity index (χ3v) is 3.02. The van der Waals surface area contributed by atoms with Crippen molar-refractivity contribution in [3.05, 3.63) is 36.6 Å². The topological polar surface area (TPSA) is 42.7 Å². The van der Waals surface area contributed by atoms with Crippen LogP contribution in [-0.2, 0) is 4.79 Å². The molecule has 3 rings (SSSR count). The molecule has 4 heteroatoms. The number of rotatable bonds is 2. The smallest absolute Gasteiger partial charge is 0.265 e. The molecule has 0 bridgehead atoms. The molecule has 0 unspecified atom stereocenters. The van der Waals surface area contributed by atoms with Gasteiger partial charge < -0.3 is 14.1 Å². The first-order valence-electron chi connectivity index (χ1n) is 5.90. The third-order valence-electron chi connectivity index (χ3n) is 3.02. The zero-order chi connectivity index (χ0) is 12.5. The van der Waals surface area contributed by atoms with E-state index in [-0.39, 0.29) is 12.5 Å². The number of likely N-dealkylation sites (N-methyl/N-ethyl adjacent to an activating group) is 1. The number of hydrogen-bond donors (Lipinski definition) is 0. The van der Waals surface area contributed by atoms with Crippen molar-refractivity contribution in [2.45, 2.75) is 6.92 Å². The summed E-state index contributed by atoms with van der Waals surface area (Å²) in [4.78, 5) is 13.4. The Balaban J connectivity index is 2.04. The molecule has 1 aromatic heterocycles. The first-order chi connectivity index (χ1) is 8.79. The minimum absolute atomic E-state index is 0.00394. The zero-order valence-electron chi connectivity index (χ0n) is 10.1. The van der Waals surface area contributed by atoms with Crippen LogP contribution < -0.4 is 9.64 Å². The molecule has 92 valence electrons. The summed E-state index contributed by atoms with van der Waals surface area (Å²) < 4.78 is 10.8. The molecule has 1 aliphatic heterocycles. The highest BCUT2D eigenvalue weighted by molar-refractivity contribution is 5.98. The Kier molecular flexibility index (Phi) is 2.55. The normalized spacial score (nSPS) is 14.3. The van der Waals surface area contributed by atoms with Crippen molar-refractivity contribution in [2.75, 3.05) is 18.1 Å². The van der Waals surface area contributed by atoms with Crippen molar-refractivity contribution in [3.63, 3.8) is 0 Å². The Morgan fingerprint density at radius 1 is 1.33 bits per heavy atom. The molecule has 0 aliphatic carbocycles. The summed E-state index contributed by atoms with van der Waals surface area (Å²) in [6.45, 7) is 2.70. The Morgan fingerprint density at radius 2 is 2.22 bits per heavy atom. The molecule has 1 aromatic carbocycles. The second-order valence-electron chi connectivity index (χ2n) is 4.09. The lowest BCUT2D eigenvalue weighted by molar-refractivity contribution is -0.121. The summed E-state index contributed by atoms with van der Waals surface area (Å²) in [6.07, 6.45) is 1.64. The molecule has 0 atom stereocenters. The highest BCUT2D eigenvalue weighted by Crippen LogP contribution is 2.35. The van der Waals surface area contributed by atoms with Gasteiger partial charge in [0.25, 0.3) is 5.91 Å². The Labute approximate surface area is 105 Å². The van der Waals surface area contributed by atoms with Gasteiger partial charge >= 0.3 is 0 Å². The number of hydrogen-bond acceptors (Lipinski definition) is 3. The van der Waals surface area contributed by atoms with Gasteiger partial charge in [-0.25, -0.2) is 0 Å². The Hall–Kier alpha value is -2.23. The molecule has 4 nitrogen and oxygen atoms in total. The Morgan fingerprint density at radius 3 is 2.94 bits per heavy atom.